The molecule has 6 aromatic heterocycles. The average Bonchev–Trinajstić information content (AvgIpc) is 3.81. The van der Waals surface area contributed by atoms with E-state index >= 15 is 0 Å². The van der Waals surface area contributed by atoms with E-state index in [0.29, 0.717) is 0 Å². The Labute approximate surface area is 412 Å². The molecule has 0 amide bonds. The van der Waals surface area contributed by atoms with Crippen LogP contribution in [0.15, 0.2) is 122 Å². The fourth-order valence-corrected chi connectivity index (χ4v) is 4.83. The molecule has 71 heavy (non-hydrogen) atoms. The predicted octanol–water partition coefficient (Wildman–Crippen LogP) is 14.9. The summed E-state index contributed by atoms with van der Waals surface area (Å²) in [7, 11) is -21.3. The van der Waals surface area contributed by atoms with Gasteiger partial charge in [0.15, 0.2) is 11.6 Å². The Morgan fingerprint density at radius 3 is 0.789 bits per heavy atom. The van der Waals surface area contributed by atoms with Crippen molar-refractivity contribution in [3.63, 3.8) is 0 Å². The molecular formula is C44H50F12N8O4P2Ru. The standard InChI is InChI=1S/C14H10N4.2C12H12N2.2C3H6O.2F6P.2H2O.Ru/c1-2-6-10-9(5-1)15-13(16-10)14-17-11-7-3-4-8-12(11)18-14;2*1-9-3-5-13-11(7-9)12-8-10(2)4-6-14-12;2*1-3(2)4;2*1-7(2,3,4,5)6;;;/h1-8H,(H,15,16)(H,17,18);2*3-8H,1-2H3;2*1-2H3;;;2*1H2;/q;;;;;2*-1;;;+2. The number of carbonyl (C=O) groups is 2. The third kappa shape index (κ3) is 34.8. The van der Waals surface area contributed by atoms with E-state index in [1.807, 2.05) is 122 Å². The molecule has 0 spiro atoms. The van der Waals surface area contributed by atoms with Gasteiger partial charge in [-0.2, -0.15) is 0 Å². The molecule has 12 nitrogen and oxygen atoms in total. The normalized spacial score (nSPS) is 12.2. The van der Waals surface area contributed by atoms with Crippen LogP contribution in [0, 0.1) is 27.7 Å². The van der Waals surface area contributed by atoms with Crippen molar-refractivity contribution in [1.29, 1.82) is 0 Å². The van der Waals surface area contributed by atoms with Crippen molar-refractivity contribution >= 4 is 49.3 Å². The van der Waals surface area contributed by atoms with Gasteiger partial charge in [-0.25, -0.2) is 9.97 Å². The molecule has 0 bridgehead atoms. The van der Waals surface area contributed by atoms with Gasteiger partial charge >= 0.3 is 85.5 Å². The van der Waals surface area contributed by atoms with Gasteiger partial charge in [-0.3, -0.25) is 19.9 Å². The van der Waals surface area contributed by atoms with Gasteiger partial charge in [0.25, 0.3) is 0 Å². The van der Waals surface area contributed by atoms with Crippen molar-refractivity contribution in [2.45, 2.75) is 55.4 Å². The number of pyridine rings is 4. The largest absolute Gasteiger partial charge is 2.00 e. The SMILES string of the molecule is CC(C)=O.CC(C)=O.Cc1ccnc(-c2cc(C)ccn2)c1.Cc1ccnc(-c2cc(C)ccn2)c1.F[P-](F)(F)(F)(F)F.F[P-](F)(F)(F)(F)F.O.O.[Ru+2].c1ccc2[nH]c(-c3nc4ccccc4[nH]3)nc2c1. The number of Topliss-reactive ketones (excluding diaryl/α,β-unsaturated/α-hetero) is 2. The number of imidazole rings is 2. The molecule has 6 heterocycles. The molecule has 0 aliphatic rings. The van der Waals surface area contributed by atoms with Crippen LogP contribution in [-0.4, -0.2) is 62.4 Å². The van der Waals surface area contributed by atoms with Gasteiger partial charge in [0, 0.05) is 24.8 Å². The Hall–Kier alpha value is -6.12. The van der Waals surface area contributed by atoms with E-state index in [2.05, 4.69) is 67.6 Å². The number of rotatable bonds is 3. The van der Waals surface area contributed by atoms with Crippen LogP contribution in [-0.2, 0) is 29.1 Å². The number of aromatic amines is 2. The maximum atomic E-state index is 9.87. The number of nitrogens with one attached hydrogen (secondary N) is 2. The Morgan fingerprint density at radius 2 is 0.606 bits per heavy atom. The second-order valence-corrected chi connectivity index (χ2v) is 18.6. The van der Waals surface area contributed by atoms with Gasteiger partial charge in [0.2, 0.25) is 0 Å². The van der Waals surface area contributed by atoms with Crippen LogP contribution in [0.25, 0.3) is 56.5 Å². The zero-order chi connectivity index (χ0) is 51.9. The maximum absolute atomic E-state index is 10.7. The predicted molar refractivity (Wildman–Crippen MR) is 252 cm³/mol. The van der Waals surface area contributed by atoms with Gasteiger partial charge in [-0.05, 0) is 150 Å². The molecule has 0 aliphatic carbocycles. The maximum Gasteiger partial charge on any atom is 2.00 e. The number of halogens is 12. The van der Waals surface area contributed by atoms with Crippen molar-refractivity contribution in [3.05, 3.63) is 144 Å². The molecule has 8 aromatic rings. The monoisotopic (exact) mass is 1150 g/mol. The van der Waals surface area contributed by atoms with Gasteiger partial charge < -0.3 is 30.5 Å². The quantitative estimate of drug-likeness (QED) is 0.0986. The number of aryl methyl sites for hydroxylation is 4. The molecule has 0 unspecified atom stereocenters. The Kier molecular flexibility index (Phi) is 23.9. The van der Waals surface area contributed by atoms with Crippen LogP contribution in [0.2, 0.25) is 0 Å². The molecule has 0 saturated heterocycles. The average molecular weight is 1150 g/mol. The van der Waals surface area contributed by atoms with E-state index in [1.54, 1.807) is 0 Å². The molecule has 0 fully saturated rings. The smallest absolute Gasteiger partial charge is 0.412 e. The topological polar surface area (TPSA) is 206 Å². The number of fused-ring (bicyclic) bond motifs is 2. The molecule has 0 saturated carbocycles. The van der Waals surface area contributed by atoms with E-state index < -0.39 is 15.6 Å². The van der Waals surface area contributed by atoms with Crippen molar-refractivity contribution < 1.29 is 90.4 Å². The number of H-pyrrole nitrogens is 2. The number of hydrogen-bond donors (Lipinski definition) is 2. The summed E-state index contributed by atoms with van der Waals surface area (Å²) in [5.74, 6) is 1.87. The molecule has 0 radical (unpaired) electrons. The Morgan fingerprint density at radius 1 is 0.408 bits per heavy atom. The molecule has 6 N–H and O–H groups in total. The summed E-state index contributed by atoms with van der Waals surface area (Å²) >= 11 is 0. The third-order valence-electron chi connectivity index (χ3n) is 7.19. The number of nitrogens with zero attached hydrogens (tertiary/aromatic N) is 6. The summed E-state index contributed by atoms with van der Waals surface area (Å²) in [5, 5.41) is 0. The minimum absolute atomic E-state index is 0. The van der Waals surface area contributed by atoms with Crippen LogP contribution in [0.1, 0.15) is 49.9 Å². The first kappa shape index (κ1) is 67.0. The van der Waals surface area contributed by atoms with Crippen LogP contribution in [0.5, 0.6) is 0 Å². The van der Waals surface area contributed by atoms with Crippen molar-refractivity contribution in [2.75, 3.05) is 0 Å². The number of aromatic nitrogens is 8. The van der Waals surface area contributed by atoms with Gasteiger partial charge in [0.05, 0.1) is 44.8 Å². The van der Waals surface area contributed by atoms with Gasteiger partial charge in [-0.15, -0.1) is 0 Å². The van der Waals surface area contributed by atoms with E-state index in [4.69, 9.17) is 0 Å². The molecule has 0 aliphatic heterocycles. The first-order valence-electron chi connectivity index (χ1n) is 19.5. The van der Waals surface area contributed by atoms with Crippen LogP contribution >= 0.6 is 15.6 Å². The Bertz CT molecular complexity index is 2580. The van der Waals surface area contributed by atoms with Crippen molar-refractivity contribution in [3.8, 4) is 34.4 Å². The number of para-hydroxylation sites is 4. The minimum atomic E-state index is -10.7. The van der Waals surface area contributed by atoms with E-state index in [-0.39, 0.29) is 42.0 Å². The first-order valence-corrected chi connectivity index (χ1v) is 23.5. The molecule has 2 aromatic carbocycles. The van der Waals surface area contributed by atoms with Crippen molar-refractivity contribution in [1.82, 2.24) is 39.9 Å². The van der Waals surface area contributed by atoms with E-state index in [0.717, 1.165) is 56.5 Å². The minimum Gasteiger partial charge on any atom is -0.412 e. The molecule has 27 heteroatoms. The van der Waals surface area contributed by atoms with Crippen molar-refractivity contribution in [2.24, 2.45) is 0 Å². The molecule has 0 atom stereocenters. The molecule has 8 rings (SSSR count). The summed E-state index contributed by atoms with van der Waals surface area (Å²) in [6.07, 6.45) is 7.26. The zero-order valence-electron chi connectivity index (χ0n) is 38.8. The Balaban J connectivity index is 0. The summed E-state index contributed by atoms with van der Waals surface area (Å²) in [6.45, 7) is 14.3. The fourth-order valence-electron chi connectivity index (χ4n) is 4.83. The van der Waals surface area contributed by atoms with Crippen LogP contribution in [0.4, 0.5) is 50.4 Å². The van der Waals surface area contributed by atoms with Crippen LogP contribution in [0.3, 0.4) is 0 Å². The number of hydrogen-bond acceptors (Lipinski definition) is 8. The van der Waals surface area contributed by atoms with Crippen LogP contribution < -0.4 is 0 Å². The second kappa shape index (κ2) is 25.3. The summed E-state index contributed by atoms with van der Waals surface area (Å²) in [4.78, 5) is 51.6. The third-order valence-corrected chi connectivity index (χ3v) is 7.19. The van der Waals surface area contributed by atoms with Gasteiger partial charge in [-0.1, -0.05) is 24.3 Å². The number of ketones is 2. The summed E-state index contributed by atoms with van der Waals surface area (Å²) in [6, 6.07) is 32.0. The second-order valence-electron chi connectivity index (χ2n) is 14.8. The van der Waals surface area contributed by atoms with Gasteiger partial charge in [0.1, 0.15) is 11.6 Å². The summed E-state index contributed by atoms with van der Waals surface area (Å²) in [5.41, 5.74) is 12.5. The number of carbonyl (C=O) groups excluding carboxylic acids is 2. The molecular weight excluding hydrogens is 1100 g/mol. The molecule has 392 valence electrons. The van der Waals surface area contributed by atoms with E-state index in [9.17, 15) is 60.0 Å². The van der Waals surface area contributed by atoms with E-state index in [1.165, 1.54) is 49.9 Å². The zero-order valence-corrected chi connectivity index (χ0v) is 42.4. The number of benzene rings is 2. The fraction of sp³-hybridized carbons (Fsp3) is 0.182. The first-order chi connectivity index (χ1) is 30.8. The summed E-state index contributed by atoms with van der Waals surface area (Å²) < 4.78 is 118.